The summed E-state index contributed by atoms with van der Waals surface area (Å²) < 4.78 is 61.1. The number of furan rings is 1. The SMILES string of the molecule is CN(C)S(=O)(=O)c1cccc(COC(=O)c2occc2CS(=O)(=O)c2ccccc2)c1. The standard InChI is InChI=1S/C21H21NO7S2/c1-22(2)31(26,27)19-10-6-7-16(13-19)14-29-21(23)20-17(11-12-28-20)15-30(24,25)18-8-4-3-5-9-18/h3-13H,14-15H2,1-2H3. The molecule has 0 saturated carbocycles. The molecule has 10 heteroatoms. The Bertz CT molecular complexity index is 1280. The molecule has 0 aliphatic heterocycles. The fraction of sp³-hybridized carbons (Fsp3) is 0.190. The number of benzene rings is 2. The minimum absolute atomic E-state index is 0.0682. The first kappa shape index (κ1) is 22.7. The summed E-state index contributed by atoms with van der Waals surface area (Å²) in [4.78, 5) is 12.7. The van der Waals surface area contributed by atoms with Crippen molar-refractivity contribution in [1.29, 1.82) is 0 Å². The van der Waals surface area contributed by atoms with Gasteiger partial charge in [0.15, 0.2) is 9.84 Å². The summed E-state index contributed by atoms with van der Waals surface area (Å²) in [6.45, 7) is -0.207. The molecule has 2 aromatic carbocycles. The van der Waals surface area contributed by atoms with Gasteiger partial charge in [0.05, 0.1) is 21.8 Å². The van der Waals surface area contributed by atoms with Gasteiger partial charge in [-0.15, -0.1) is 0 Å². The summed E-state index contributed by atoms with van der Waals surface area (Å²) in [5, 5.41) is 0. The van der Waals surface area contributed by atoms with Gasteiger partial charge in [0.1, 0.15) is 6.61 Å². The molecule has 31 heavy (non-hydrogen) atoms. The Morgan fingerprint density at radius 1 is 0.935 bits per heavy atom. The molecule has 3 aromatic rings. The van der Waals surface area contributed by atoms with Gasteiger partial charge in [0.25, 0.3) is 0 Å². The molecule has 1 heterocycles. The second-order valence-corrected chi connectivity index (χ2v) is 11.0. The molecule has 0 aliphatic carbocycles. The molecule has 1 aromatic heterocycles. The molecule has 0 bridgehead atoms. The molecule has 0 saturated heterocycles. The number of esters is 1. The number of carbonyl (C=O) groups excluding carboxylic acids is 1. The number of ether oxygens (including phenoxy) is 1. The Balaban J connectivity index is 1.73. The number of sulfone groups is 1. The van der Waals surface area contributed by atoms with Gasteiger partial charge in [-0.05, 0) is 35.9 Å². The zero-order valence-corrected chi connectivity index (χ0v) is 18.5. The van der Waals surface area contributed by atoms with Crippen LogP contribution in [0, 0.1) is 0 Å². The molecule has 0 radical (unpaired) electrons. The van der Waals surface area contributed by atoms with E-state index in [0.717, 1.165) is 4.31 Å². The first-order valence-corrected chi connectivity index (χ1v) is 12.2. The Morgan fingerprint density at radius 3 is 2.29 bits per heavy atom. The van der Waals surface area contributed by atoms with Crippen molar-refractivity contribution in [2.24, 2.45) is 0 Å². The van der Waals surface area contributed by atoms with Crippen molar-refractivity contribution in [2.75, 3.05) is 14.1 Å². The van der Waals surface area contributed by atoms with Crippen LogP contribution in [0.2, 0.25) is 0 Å². The Kier molecular flexibility index (Phi) is 6.63. The Labute approximate surface area is 181 Å². The molecule has 0 unspecified atom stereocenters. The van der Waals surface area contributed by atoms with Gasteiger partial charge in [-0.2, -0.15) is 0 Å². The van der Waals surface area contributed by atoms with Crippen LogP contribution in [0.1, 0.15) is 21.7 Å². The van der Waals surface area contributed by atoms with Gasteiger partial charge in [-0.3, -0.25) is 0 Å². The number of hydrogen-bond acceptors (Lipinski definition) is 7. The highest BCUT2D eigenvalue weighted by atomic mass is 32.2. The minimum atomic E-state index is -3.68. The zero-order chi connectivity index (χ0) is 22.6. The van der Waals surface area contributed by atoms with E-state index in [9.17, 15) is 21.6 Å². The fourth-order valence-corrected chi connectivity index (χ4v) is 5.11. The van der Waals surface area contributed by atoms with Gasteiger partial charge in [-0.1, -0.05) is 30.3 Å². The van der Waals surface area contributed by atoms with Crippen molar-refractivity contribution >= 4 is 25.8 Å². The lowest BCUT2D eigenvalue weighted by molar-refractivity contribution is 0.0434. The second-order valence-electron chi connectivity index (χ2n) is 6.86. The summed E-state index contributed by atoms with van der Waals surface area (Å²) in [7, 11) is -4.46. The summed E-state index contributed by atoms with van der Waals surface area (Å²) in [5.41, 5.74) is 0.638. The molecule has 164 valence electrons. The van der Waals surface area contributed by atoms with Crippen molar-refractivity contribution in [2.45, 2.75) is 22.2 Å². The van der Waals surface area contributed by atoms with E-state index in [2.05, 4.69) is 0 Å². The van der Waals surface area contributed by atoms with E-state index in [1.807, 2.05) is 0 Å². The third kappa shape index (κ3) is 5.22. The van der Waals surface area contributed by atoms with Crippen molar-refractivity contribution in [3.8, 4) is 0 Å². The first-order valence-electron chi connectivity index (χ1n) is 9.14. The predicted molar refractivity (Wildman–Crippen MR) is 112 cm³/mol. The summed E-state index contributed by atoms with van der Waals surface area (Å²) >= 11 is 0. The van der Waals surface area contributed by atoms with E-state index in [1.165, 1.54) is 50.7 Å². The van der Waals surface area contributed by atoms with Crippen molar-refractivity contribution in [1.82, 2.24) is 4.31 Å². The Hall–Kier alpha value is -2.95. The lowest BCUT2D eigenvalue weighted by atomic mass is 10.2. The zero-order valence-electron chi connectivity index (χ0n) is 16.9. The highest BCUT2D eigenvalue weighted by Gasteiger charge is 2.24. The maximum atomic E-state index is 12.6. The average Bonchev–Trinajstić information content (AvgIpc) is 3.20. The summed E-state index contributed by atoms with van der Waals surface area (Å²) in [6.07, 6.45) is 1.22. The highest BCUT2D eigenvalue weighted by Crippen LogP contribution is 2.21. The van der Waals surface area contributed by atoms with E-state index >= 15 is 0 Å². The molecule has 0 fully saturated rings. The Morgan fingerprint density at radius 2 is 1.61 bits per heavy atom. The number of hydrogen-bond donors (Lipinski definition) is 0. The van der Waals surface area contributed by atoms with Crippen LogP contribution in [0.4, 0.5) is 0 Å². The van der Waals surface area contributed by atoms with Gasteiger partial charge in [-0.25, -0.2) is 25.9 Å². The molecular formula is C21H21NO7S2. The van der Waals surface area contributed by atoms with Crippen LogP contribution < -0.4 is 0 Å². The molecule has 0 spiro atoms. The molecule has 0 atom stereocenters. The quantitative estimate of drug-likeness (QED) is 0.472. The third-order valence-corrected chi connectivity index (χ3v) is 7.92. The lowest BCUT2D eigenvalue weighted by Crippen LogP contribution is -2.22. The number of nitrogens with zero attached hydrogens (tertiary/aromatic N) is 1. The van der Waals surface area contributed by atoms with Gasteiger partial charge >= 0.3 is 5.97 Å². The van der Waals surface area contributed by atoms with E-state index < -0.39 is 31.6 Å². The van der Waals surface area contributed by atoms with Crippen LogP contribution in [-0.4, -0.2) is 41.2 Å². The maximum Gasteiger partial charge on any atom is 0.374 e. The molecule has 0 amide bonds. The predicted octanol–water partition coefficient (Wildman–Crippen LogP) is 2.86. The average molecular weight is 464 g/mol. The highest BCUT2D eigenvalue weighted by molar-refractivity contribution is 7.90. The second kappa shape index (κ2) is 9.04. The van der Waals surface area contributed by atoms with Crippen LogP contribution in [0.3, 0.4) is 0 Å². The monoisotopic (exact) mass is 463 g/mol. The van der Waals surface area contributed by atoms with Crippen molar-refractivity contribution in [3.05, 3.63) is 83.8 Å². The van der Waals surface area contributed by atoms with E-state index in [0.29, 0.717) is 5.56 Å². The number of carbonyl (C=O) groups is 1. The number of rotatable bonds is 8. The molecule has 0 N–H and O–H groups in total. The van der Waals surface area contributed by atoms with Gasteiger partial charge in [0.2, 0.25) is 15.8 Å². The first-order chi connectivity index (χ1) is 14.6. The van der Waals surface area contributed by atoms with Crippen LogP contribution in [0.5, 0.6) is 0 Å². The topological polar surface area (TPSA) is 111 Å². The smallest absolute Gasteiger partial charge is 0.374 e. The normalized spacial score (nSPS) is 12.1. The largest absolute Gasteiger partial charge is 0.457 e. The van der Waals surface area contributed by atoms with Crippen LogP contribution in [0.15, 0.2) is 81.1 Å². The maximum absolute atomic E-state index is 12.6. The van der Waals surface area contributed by atoms with Crippen molar-refractivity contribution < 1.29 is 30.8 Å². The van der Waals surface area contributed by atoms with Crippen LogP contribution >= 0.6 is 0 Å². The minimum Gasteiger partial charge on any atom is -0.457 e. The van der Waals surface area contributed by atoms with Crippen molar-refractivity contribution in [3.63, 3.8) is 0 Å². The summed E-state index contributed by atoms with van der Waals surface area (Å²) in [5.74, 6) is -1.48. The van der Waals surface area contributed by atoms with Gasteiger partial charge in [0, 0.05) is 19.7 Å². The molecule has 0 aliphatic rings. The van der Waals surface area contributed by atoms with Gasteiger partial charge < -0.3 is 9.15 Å². The molecule has 3 rings (SSSR count). The molecular weight excluding hydrogens is 442 g/mol. The molecule has 8 nitrogen and oxygen atoms in total. The van der Waals surface area contributed by atoms with E-state index in [-0.39, 0.29) is 27.7 Å². The third-order valence-electron chi connectivity index (χ3n) is 4.43. The summed E-state index contributed by atoms with van der Waals surface area (Å²) in [6, 6.07) is 15.3. The fourth-order valence-electron chi connectivity index (χ4n) is 2.77. The van der Waals surface area contributed by atoms with E-state index in [4.69, 9.17) is 9.15 Å². The van der Waals surface area contributed by atoms with E-state index in [1.54, 1.807) is 30.3 Å². The number of sulfonamides is 1. The van der Waals surface area contributed by atoms with Crippen LogP contribution in [-0.2, 0) is 37.0 Å². The lowest BCUT2D eigenvalue weighted by Gasteiger charge is -2.12. The van der Waals surface area contributed by atoms with Crippen LogP contribution in [0.25, 0.3) is 0 Å².